The molecule has 4 aromatic heterocycles. The fraction of sp³-hybridized carbons (Fsp3) is 0.111. The molecule has 305 valence electrons. The summed E-state index contributed by atoms with van der Waals surface area (Å²) < 4.78 is 21.2. The molecule has 0 N–H and O–H groups in total. The quantitative estimate of drug-likeness (QED) is 0.149. The van der Waals surface area contributed by atoms with Crippen LogP contribution >= 0.6 is 0 Å². The molecule has 0 saturated carbocycles. The summed E-state index contributed by atoms with van der Waals surface area (Å²) in [4.78, 5) is 13.8. The number of pyridine rings is 2. The van der Waals surface area contributed by atoms with Crippen molar-refractivity contribution >= 4 is 33.1 Å². The van der Waals surface area contributed by atoms with Gasteiger partial charge in [0.05, 0.1) is 22.4 Å². The Labute approximate surface area is 373 Å². The zero-order valence-corrected chi connectivity index (χ0v) is 36.9. The van der Waals surface area contributed by atoms with E-state index in [9.17, 15) is 9.65 Å². The van der Waals surface area contributed by atoms with Crippen molar-refractivity contribution in [2.24, 2.45) is 0 Å². The number of halogens is 1. The second kappa shape index (κ2) is 17.9. The summed E-state index contributed by atoms with van der Waals surface area (Å²) >= 11 is 0. The molecule has 0 saturated heterocycles. The van der Waals surface area contributed by atoms with E-state index in [2.05, 4.69) is 139 Å². The molecular formula is C54H40FIrN5O-2. The van der Waals surface area contributed by atoms with Crippen molar-refractivity contribution in [1.82, 2.24) is 19.5 Å². The number of hydrogen-bond acceptors (Lipinski definition) is 5. The maximum absolute atomic E-state index is 12.6. The van der Waals surface area contributed by atoms with Gasteiger partial charge in [-0.2, -0.15) is 5.26 Å². The van der Waals surface area contributed by atoms with Gasteiger partial charge in [0.15, 0.2) is 0 Å². The number of hydrogen-bond donors (Lipinski definition) is 0. The van der Waals surface area contributed by atoms with Crippen LogP contribution in [-0.2, 0) is 20.1 Å². The largest absolute Gasteiger partial charge is 0.486 e. The summed E-state index contributed by atoms with van der Waals surface area (Å²) in [6, 6.07) is 58.3. The average molecular weight is 986 g/mol. The average Bonchev–Trinajstić information content (AvgIpc) is 3.88. The topological polar surface area (TPSA) is 80.5 Å². The van der Waals surface area contributed by atoms with Crippen LogP contribution in [0.4, 0.5) is 4.39 Å². The zero-order valence-electron chi connectivity index (χ0n) is 34.5. The summed E-state index contributed by atoms with van der Waals surface area (Å²) in [6.07, 6.45) is 1.70. The Morgan fingerprint density at radius 1 is 0.677 bits per heavy atom. The molecule has 0 amide bonds. The number of aromatic nitrogens is 4. The third-order valence-electron chi connectivity index (χ3n) is 10.9. The number of rotatable bonds is 7. The monoisotopic (exact) mass is 986 g/mol. The Hall–Kier alpha value is -7.04. The van der Waals surface area contributed by atoms with Gasteiger partial charge in [-0.25, -0.2) is 4.98 Å². The standard InChI is InChI=1S/C43H33N4O.C11H7FN.Ir/c1-26(2)36-23-31(30-19-17-29(18-20-30)28-11-6-5-7-12-28)24-37(27(3)4)40(36)47-39-16-9-8-15-38(39)46-42(47)35-14-10-13-33-34-22-21-32(25-44)45-43(34)48-41(33)35;12-10-6-4-9(5-7-10)11-3-1-2-8-13-11;/h5-13,15-24,26-27H,1-4H3;1-4,6-8H;/q2*-1;. The van der Waals surface area contributed by atoms with Gasteiger partial charge in [0.1, 0.15) is 11.8 Å². The molecule has 0 aliphatic carbocycles. The summed E-state index contributed by atoms with van der Waals surface area (Å²) in [7, 11) is 0. The third-order valence-corrected chi connectivity index (χ3v) is 10.9. The maximum Gasteiger partial charge on any atom is 0.217 e. The second-order valence-corrected chi connectivity index (χ2v) is 15.5. The van der Waals surface area contributed by atoms with E-state index in [0.29, 0.717) is 17.0 Å². The molecule has 0 bridgehead atoms. The van der Waals surface area contributed by atoms with Gasteiger partial charge in [-0.3, -0.25) is 9.37 Å². The number of benzene rings is 6. The van der Waals surface area contributed by atoms with Gasteiger partial charge in [0, 0.05) is 43.2 Å². The van der Waals surface area contributed by atoms with Gasteiger partial charge in [0.2, 0.25) is 5.71 Å². The molecule has 0 unspecified atom stereocenters. The van der Waals surface area contributed by atoms with Gasteiger partial charge >= 0.3 is 0 Å². The van der Waals surface area contributed by atoms with Gasteiger partial charge in [-0.15, -0.1) is 48.0 Å². The molecule has 1 radical (unpaired) electrons. The van der Waals surface area contributed by atoms with E-state index in [4.69, 9.17) is 9.40 Å². The van der Waals surface area contributed by atoms with Gasteiger partial charge in [-0.1, -0.05) is 118 Å². The van der Waals surface area contributed by atoms with Crippen LogP contribution in [0.3, 0.4) is 0 Å². The molecule has 0 spiro atoms. The summed E-state index contributed by atoms with van der Waals surface area (Å²) in [5, 5.41) is 11.2. The van der Waals surface area contributed by atoms with Gasteiger partial charge < -0.3 is 14.0 Å². The van der Waals surface area contributed by atoms with Crippen molar-refractivity contribution in [3.8, 4) is 56.7 Å². The minimum Gasteiger partial charge on any atom is -0.486 e. The SMILES string of the molecule is CC(C)c1cc(-c2ccc(-c3ccccc3)cc2)cc(C(C)C)c1-n1c(-c2[c-]ccc3c2oc2nc(C#N)ccc23)nc2ccccc21.Fc1c[c-]c(-c2ccccn2)cc1.[Ir]. The molecule has 4 heterocycles. The van der Waals surface area contributed by atoms with Crippen molar-refractivity contribution in [2.45, 2.75) is 39.5 Å². The molecule has 0 atom stereocenters. The summed E-state index contributed by atoms with van der Waals surface area (Å²) in [5.74, 6) is 0.939. The van der Waals surface area contributed by atoms with Crippen LogP contribution in [0.2, 0.25) is 0 Å². The molecule has 8 heteroatoms. The van der Waals surface area contributed by atoms with E-state index in [0.717, 1.165) is 50.1 Å². The first-order valence-corrected chi connectivity index (χ1v) is 20.3. The molecule has 10 rings (SSSR count). The van der Waals surface area contributed by atoms with Crippen LogP contribution < -0.4 is 0 Å². The smallest absolute Gasteiger partial charge is 0.217 e. The molecule has 6 aromatic carbocycles. The predicted molar refractivity (Wildman–Crippen MR) is 243 cm³/mol. The summed E-state index contributed by atoms with van der Waals surface area (Å²) in [5.41, 5.74) is 14.1. The molecule has 0 aliphatic rings. The van der Waals surface area contributed by atoms with E-state index in [1.165, 1.54) is 45.5 Å². The maximum atomic E-state index is 12.6. The minimum absolute atomic E-state index is 0. The number of fused-ring (bicyclic) bond motifs is 4. The van der Waals surface area contributed by atoms with Crippen LogP contribution in [0.5, 0.6) is 0 Å². The van der Waals surface area contributed by atoms with E-state index < -0.39 is 0 Å². The molecule has 0 fully saturated rings. The van der Waals surface area contributed by atoms with Crippen molar-refractivity contribution in [3.05, 3.63) is 193 Å². The molecule has 10 aromatic rings. The van der Waals surface area contributed by atoms with Gasteiger partial charge in [0.25, 0.3) is 0 Å². The van der Waals surface area contributed by atoms with Crippen molar-refractivity contribution in [3.63, 3.8) is 0 Å². The second-order valence-electron chi connectivity index (χ2n) is 15.5. The number of nitrogens with zero attached hydrogens (tertiary/aromatic N) is 5. The van der Waals surface area contributed by atoms with E-state index >= 15 is 0 Å². The predicted octanol–water partition coefficient (Wildman–Crippen LogP) is 13.9. The Morgan fingerprint density at radius 2 is 1.35 bits per heavy atom. The first kappa shape index (κ1) is 41.7. The van der Waals surface area contributed by atoms with Crippen LogP contribution in [0.1, 0.15) is 56.4 Å². The molecule has 6 nitrogen and oxygen atoms in total. The van der Waals surface area contributed by atoms with E-state index in [1.54, 1.807) is 18.3 Å². The molecule has 62 heavy (non-hydrogen) atoms. The van der Waals surface area contributed by atoms with Crippen LogP contribution in [0, 0.1) is 29.3 Å². The molecular weight excluding hydrogens is 946 g/mol. The third kappa shape index (κ3) is 8.09. The first-order chi connectivity index (χ1) is 29.8. The Bertz CT molecular complexity index is 3180. The zero-order chi connectivity index (χ0) is 42.0. The van der Waals surface area contributed by atoms with Crippen molar-refractivity contribution in [2.75, 3.05) is 0 Å². The number of furan rings is 1. The van der Waals surface area contributed by atoms with E-state index in [-0.39, 0.29) is 37.8 Å². The van der Waals surface area contributed by atoms with Gasteiger partial charge in [-0.05, 0) is 93.4 Å². The first-order valence-electron chi connectivity index (χ1n) is 20.3. The van der Waals surface area contributed by atoms with Crippen LogP contribution in [-0.4, -0.2) is 19.5 Å². The summed E-state index contributed by atoms with van der Waals surface area (Å²) in [6.45, 7) is 9.03. The normalized spacial score (nSPS) is 11.1. The fourth-order valence-electron chi connectivity index (χ4n) is 7.83. The van der Waals surface area contributed by atoms with E-state index in [1.807, 2.05) is 48.5 Å². The van der Waals surface area contributed by atoms with Crippen LogP contribution in [0.15, 0.2) is 162 Å². The Balaban J connectivity index is 0.000000323. The Kier molecular flexibility index (Phi) is 12.0. The number of para-hydroxylation sites is 2. The number of imidazole rings is 1. The minimum atomic E-state index is -0.278. The van der Waals surface area contributed by atoms with Crippen LogP contribution in [0.25, 0.3) is 83.7 Å². The van der Waals surface area contributed by atoms with Crippen molar-refractivity contribution < 1.29 is 28.9 Å². The number of nitriles is 1. The fourth-order valence-corrected chi connectivity index (χ4v) is 7.83. The Morgan fingerprint density at radius 3 is 2.02 bits per heavy atom. The van der Waals surface area contributed by atoms with Crippen molar-refractivity contribution in [1.29, 1.82) is 5.26 Å². The molecule has 0 aliphatic heterocycles.